The van der Waals surface area contributed by atoms with Crippen molar-refractivity contribution in [2.24, 2.45) is 11.7 Å². The van der Waals surface area contributed by atoms with Crippen molar-refractivity contribution >= 4 is 5.95 Å². The van der Waals surface area contributed by atoms with E-state index < -0.39 is 0 Å². The van der Waals surface area contributed by atoms with Gasteiger partial charge in [0, 0.05) is 0 Å². The Morgan fingerprint density at radius 2 is 2.12 bits per heavy atom. The number of aromatic amines is 1. The van der Waals surface area contributed by atoms with E-state index in [2.05, 4.69) is 26.9 Å². The van der Waals surface area contributed by atoms with E-state index in [9.17, 15) is 0 Å². The Morgan fingerprint density at radius 3 is 2.25 bits per heavy atom. The lowest BCUT2D eigenvalue weighted by Gasteiger charge is -1.65. The molecule has 0 fully saturated rings. The maximum absolute atomic E-state index is 5.02. The van der Waals surface area contributed by atoms with Gasteiger partial charge in [-0.3, -0.25) is 16.8 Å². The van der Waals surface area contributed by atoms with Gasteiger partial charge in [0.05, 0.1) is 0 Å². The molecule has 46 valence electrons. The predicted octanol–water partition coefficient (Wildman–Crippen LogP) is -1.79. The molecule has 1 aromatic heterocycles. The summed E-state index contributed by atoms with van der Waals surface area (Å²) in [6.45, 7) is 0. The van der Waals surface area contributed by atoms with Gasteiger partial charge in [-0.25, -0.2) is 4.98 Å². The number of hydrogen-bond acceptors (Lipinski definition) is 5. The van der Waals surface area contributed by atoms with Gasteiger partial charge in [-0.15, -0.1) is 5.10 Å². The normalized spacial score (nSPS) is 7.25. The third-order valence-corrected chi connectivity index (χ3v) is 0.434. The Morgan fingerprint density at radius 1 is 1.50 bits per heavy atom. The fourth-order valence-electron chi connectivity index (χ4n) is 0.219. The van der Waals surface area contributed by atoms with Crippen LogP contribution in [0.5, 0.6) is 0 Å². The topological polar surface area (TPSA) is 120 Å². The molecular weight excluding hydrogens is 108 g/mol. The third kappa shape index (κ3) is 2.11. The van der Waals surface area contributed by atoms with Crippen LogP contribution in [0.4, 0.5) is 5.95 Å². The molecule has 0 atom stereocenters. The lowest BCUT2D eigenvalue weighted by molar-refractivity contribution is 1.10. The molecule has 0 saturated heterocycles. The molecule has 0 bridgehead atoms. The van der Waals surface area contributed by atoms with Crippen LogP contribution in [0.15, 0.2) is 6.33 Å². The number of nitrogens with zero attached hydrogens (tertiary/aromatic N) is 2. The van der Waals surface area contributed by atoms with Gasteiger partial charge < -0.3 is 5.73 Å². The van der Waals surface area contributed by atoms with Crippen LogP contribution in [0.25, 0.3) is 0 Å². The van der Waals surface area contributed by atoms with Crippen molar-refractivity contribution in [3.8, 4) is 0 Å². The summed E-state index contributed by atoms with van der Waals surface area (Å²) in [5.74, 6) is 8.29. The van der Waals surface area contributed by atoms with E-state index in [4.69, 9.17) is 5.73 Å². The van der Waals surface area contributed by atoms with Gasteiger partial charge in [0.15, 0.2) is 0 Å². The number of anilines is 1. The maximum atomic E-state index is 5.02. The summed E-state index contributed by atoms with van der Waals surface area (Å²) >= 11 is 0. The second-order valence-corrected chi connectivity index (χ2v) is 0.857. The number of nitrogens with one attached hydrogen (secondary N) is 1. The highest BCUT2D eigenvalue weighted by molar-refractivity contribution is 5.07. The van der Waals surface area contributed by atoms with E-state index in [0.29, 0.717) is 0 Å². The van der Waals surface area contributed by atoms with Crippen LogP contribution in [-0.4, -0.2) is 15.2 Å². The molecule has 1 heterocycles. The molecular formula is C2H8N6. The molecule has 0 unspecified atom stereocenters. The Bertz CT molecular complexity index is 110. The quantitative estimate of drug-likeness (QED) is 0.235. The molecule has 0 aliphatic heterocycles. The molecule has 0 saturated carbocycles. The minimum absolute atomic E-state index is 0.287. The fraction of sp³-hybridized carbons (Fsp3) is 0. The molecule has 6 nitrogen and oxygen atoms in total. The first-order chi connectivity index (χ1) is 3.89. The van der Waals surface area contributed by atoms with Crippen molar-refractivity contribution in [1.29, 1.82) is 0 Å². The van der Waals surface area contributed by atoms with E-state index in [1.54, 1.807) is 0 Å². The van der Waals surface area contributed by atoms with Gasteiger partial charge in [-0.2, -0.15) is 0 Å². The first kappa shape index (κ1) is 6.86. The first-order valence-corrected chi connectivity index (χ1v) is 1.84. The molecule has 0 aliphatic carbocycles. The van der Waals surface area contributed by atoms with Crippen LogP contribution in [0.2, 0.25) is 0 Å². The van der Waals surface area contributed by atoms with Crippen LogP contribution in [-0.2, 0) is 0 Å². The molecule has 0 amide bonds. The molecule has 0 radical (unpaired) electrons. The standard InChI is InChI=1S/C2H4N4.H4N2/c3-2-4-1-5-6-2;1-2/h1H,(H3,3,4,5,6);1-2H2. The highest BCUT2D eigenvalue weighted by Gasteiger charge is 1.76. The number of nitrogens with two attached hydrogens (primary N) is 3. The summed E-state index contributed by atoms with van der Waals surface area (Å²) in [6, 6.07) is 0. The minimum Gasteiger partial charge on any atom is -0.367 e. The van der Waals surface area contributed by atoms with Crippen molar-refractivity contribution in [1.82, 2.24) is 15.2 Å². The molecule has 1 rings (SSSR count). The van der Waals surface area contributed by atoms with E-state index in [1.165, 1.54) is 6.33 Å². The van der Waals surface area contributed by atoms with Crippen molar-refractivity contribution in [2.75, 3.05) is 5.73 Å². The average Bonchev–Trinajstić information content (AvgIpc) is 2.24. The van der Waals surface area contributed by atoms with E-state index in [0.717, 1.165) is 0 Å². The van der Waals surface area contributed by atoms with Gasteiger partial charge >= 0.3 is 0 Å². The summed E-state index contributed by atoms with van der Waals surface area (Å²) in [7, 11) is 0. The zero-order valence-corrected chi connectivity index (χ0v) is 4.20. The second-order valence-electron chi connectivity index (χ2n) is 0.857. The Kier molecular flexibility index (Phi) is 3.46. The van der Waals surface area contributed by atoms with Crippen molar-refractivity contribution in [3.63, 3.8) is 0 Å². The molecule has 1 aromatic rings. The monoisotopic (exact) mass is 116 g/mol. The molecule has 7 N–H and O–H groups in total. The minimum atomic E-state index is 0.287. The summed E-state index contributed by atoms with van der Waals surface area (Å²) < 4.78 is 0. The lowest BCUT2D eigenvalue weighted by atomic mass is 11.1. The Labute approximate surface area is 46.0 Å². The second kappa shape index (κ2) is 4.03. The first-order valence-electron chi connectivity index (χ1n) is 1.84. The molecule has 0 spiro atoms. The van der Waals surface area contributed by atoms with Gasteiger partial charge in [-0.1, -0.05) is 0 Å². The summed E-state index contributed by atoms with van der Waals surface area (Å²) in [6.07, 6.45) is 1.43. The van der Waals surface area contributed by atoms with E-state index >= 15 is 0 Å². The zero-order valence-electron chi connectivity index (χ0n) is 4.20. The van der Waals surface area contributed by atoms with Crippen molar-refractivity contribution in [2.45, 2.75) is 0 Å². The van der Waals surface area contributed by atoms with Gasteiger partial charge in [0.25, 0.3) is 0 Å². The number of H-pyrrole nitrogens is 1. The average molecular weight is 116 g/mol. The van der Waals surface area contributed by atoms with E-state index in [-0.39, 0.29) is 5.95 Å². The third-order valence-electron chi connectivity index (χ3n) is 0.434. The largest absolute Gasteiger partial charge is 0.367 e. The van der Waals surface area contributed by atoms with E-state index in [1.807, 2.05) is 0 Å². The molecule has 0 aromatic carbocycles. The van der Waals surface area contributed by atoms with Crippen molar-refractivity contribution in [3.05, 3.63) is 6.33 Å². The number of aromatic nitrogens is 3. The highest BCUT2D eigenvalue weighted by Crippen LogP contribution is 1.76. The van der Waals surface area contributed by atoms with Gasteiger partial charge in [0.2, 0.25) is 5.95 Å². The molecule has 6 heteroatoms. The number of hydrogen-bond donors (Lipinski definition) is 4. The lowest BCUT2D eigenvalue weighted by Crippen LogP contribution is -2.02. The fourth-order valence-corrected chi connectivity index (χ4v) is 0.219. The Hall–Kier alpha value is -1.14. The number of rotatable bonds is 0. The maximum Gasteiger partial charge on any atom is 0.239 e. The molecule has 0 aliphatic rings. The van der Waals surface area contributed by atoms with Gasteiger partial charge in [-0.05, 0) is 0 Å². The summed E-state index contributed by atoms with van der Waals surface area (Å²) in [5.41, 5.74) is 5.02. The van der Waals surface area contributed by atoms with Crippen LogP contribution >= 0.6 is 0 Å². The summed E-state index contributed by atoms with van der Waals surface area (Å²) in [4.78, 5) is 3.53. The zero-order chi connectivity index (χ0) is 6.41. The van der Waals surface area contributed by atoms with Crippen LogP contribution in [0.3, 0.4) is 0 Å². The number of nitrogen functional groups attached to an aromatic ring is 1. The van der Waals surface area contributed by atoms with Crippen LogP contribution in [0, 0.1) is 0 Å². The SMILES string of the molecule is NN.Nc1nc[nH]n1. The summed E-state index contributed by atoms with van der Waals surface area (Å²) in [5, 5.41) is 5.90. The molecule has 8 heavy (non-hydrogen) atoms. The van der Waals surface area contributed by atoms with Crippen molar-refractivity contribution < 1.29 is 0 Å². The Balaban J connectivity index is 0.000000222. The number of hydrazine groups is 1. The van der Waals surface area contributed by atoms with Gasteiger partial charge in [0.1, 0.15) is 6.33 Å². The van der Waals surface area contributed by atoms with Crippen LogP contribution < -0.4 is 17.4 Å². The highest BCUT2D eigenvalue weighted by atomic mass is 15.2. The predicted molar refractivity (Wildman–Crippen MR) is 29.2 cm³/mol. The van der Waals surface area contributed by atoms with Crippen LogP contribution in [0.1, 0.15) is 0 Å². The smallest absolute Gasteiger partial charge is 0.239 e.